The molecule has 0 saturated carbocycles. The van der Waals surface area contributed by atoms with Crippen molar-refractivity contribution in [1.82, 2.24) is 0 Å². The van der Waals surface area contributed by atoms with Crippen molar-refractivity contribution in [2.75, 3.05) is 6.61 Å². The van der Waals surface area contributed by atoms with E-state index in [9.17, 15) is 4.79 Å². The molecule has 0 aliphatic rings. The van der Waals surface area contributed by atoms with Crippen molar-refractivity contribution >= 4 is 12.0 Å². The predicted molar refractivity (Wildman–Crippen MR) is 97.3 cm³/mol. The summed E-state index contributed by atoms with van der Waals surface area (Å²) in [5, 5.41) is 17.5. The molecule has 0 aliphatic carbocycles. The summed E-state index contributed by atoms with van der Waals surface area (Å²) in [6, 6.07) is 17.7. The van der Waals surface area contributed by atoms with E-state index in [0.717, 1.165) is 5.56 Å². The van der Waals surface area contributed by atoms with Crippen molar-refractivity contribution < 1.29 is 14.3 Å². The van der Waals surface area contributed by atoms with Crippen molar-refractivity contribution in [2.45, 2.75) is 19.8 Å². The second-order valence-corrected chi connectivity index (χ2v) is 5.81. The molecule has 0 radical (unpaired) electrons. The molecule has 0 atom stereocenters. The van der Waals surface area contributed by atoms with E-state index in [1.54, 1.807) is 36.4 Å². The van der Waals surface area contributed by atoms with Crippen molar-refractivity contribution in [1.29, 1.82) is 10.5 Å². The molecule has 5 nitrogen and oxygen atoms in total. The largest absolute Gasteiger partial charge is 0.482 e. The summed E-state index contributed by atoms with van der Waals surface area (Å²) in [4.78, 5) is 12.0. The average molecular weight is 346 g/mol. The fourth-order valence-corrected chi connectivity index (χ4v) is 2.27. The molecule has 0 amide bonds. The van der Waals surface area contributed by atoms with Gasteiger partial charge in [0.05, 0.1) is 0 Å². The third kappa shape index (κ3) is 5.22. The summed E-state index contributed by atoms with van der Waals surface area (Å²) in [5.41, 5.74) is 1.71. The van der Waals surface area contributed by atoms with E-state index < -0.39 is 5.97 Å². The van der Waals surface area contributed by atoms with Gasteiger partial charge < -0.3 is 9.47 Å². The first-order valence-corrected chi connectivity index (χ1v) is 8.08. The lowest BCUT2D eigenvalue weighted by atomic mass is 10.0. The number of rotatable bonds is 6. The Balaban J connectivity index is 1.96. The molecule has 0 aliphatic heterocycles. The number of ether oxygens (including phenoxy) is 2. The van der Waals surface area contributed by atoms with Crippen LogP contribution in [0.5, 0.6) is 11.5 Å². The number of esters is 1. The van der Waals surface area contributed by atoms with E-state index in [4.69, 9.17) is 20.0 Å². The maximum atomic E-state index is 12.0. The monoisotopic (exact) mass is 346 g/mol. The Morgan fingerprint density at radius 1 is 1.08 bits per heavy atom. The fourth-order valence-electron chi connectivity index (χ4n) is 2.27. The standard InChI is InChI=1S/C21H18N2O3/c1-15(2)19-5-3-4-6-20(19)25-14-21(24)26-18-9-7-16(8-10-18)11-17(12-22)13-23/h3-11,15H,14H2,1-2H3. The minimum atomic E-state index is -0.512. The summed E-state index contributed by atoms with van der Waals surface area (Å²) in [6.45, 7) is 3.92. The topological polar surface area (TPSA) is 83.1 Å². The van der Waals surface area contributed by atoms with Gasteiger partial charge in [-0.05, 0) is 41.3 Å². The number of carbonyl (C=O) groups is 1. The molecule has 5 heteroatoms. The fraction of sp³-hybridized carbons (Fsp3) is 0.190. The Morgan fingerprint density at radius 3 is 2.35 bits per heavy atom. The van der Waals surface area contributed by atoms with Crippen LogP contribution in [0, 0.1) is 22.7 Å². The molecule has 0 unspecified atom stereocenters. The van der Waals surface area contributed by atoms with Gasteiger partial charge in [0.15, 0.2) is 6.61 Å². The smallest absolute Gasteiger partial charge is 0.349 e. The predicted octanol–water partition coefficient (Wildman–Crippen LogP) is 4.22. The second-order valence-electron chi connectivity index (χ2n) is 5.81. The summed E-state index contributed by atoms with van der Waals surface area (Å²) < 4.78 is 10.8. The van der Waals surface area contributed by atoms with E-state index in [1.807, 2.05) is 24.3 Å². The maximum absolute atomic E-state index is 12.0. The van der Waals surface area contributed by atoms with Gasteiger partial charge in [-0.2, -0.15) is 10.5 Å². The third-order valence-electron chi connectivity index (χ3n) is 3.55. The van der Waals surface area contributed by atoms with Gasteiger partial charge in [0.25, 0.3) is 0 Å². The lowest BCUT2D eigenvalue weighted by Crippen LogP contribution is -2.18. The number of para-hydroxylation sites is 1. The van der Waals surface area contributed by atoms with E-state index in [-0.39, 0.29) is 18.1 Å². The highest BCUT2D eigenvalue weighted by Crippen LogP contribution is 2.25. The quantitative estimate of drug-likeness (QED) is 0.444. The van der Waals surface area contributed by atoms with Crippen molar-refractivity contribution in [3.05, 3.63) is 65.2 Å². The van der Waals surface area contributed by atoms with Crippen LogP contribution >= 0.6 is 0 Å². The van der Waals surface area contributed by atoms with E-state index in [1.165, 1.54) is 6.08 Å². The molecule has 0 aromatic heterocycles. The van der Waals surface area contributed by atoms with E-state index in [2.05, 4.69) is 13.8 Å². The molecule has 0 saturated heterocycles. The molecule has 26 heavy (non-hydrogen) atoms. The minimum Gasteiger partial charge on any atom is -0.482 e. The second kappa shape index (κ2) is 9.05. The summed E-state index contributed by atoms with van der Waals surface area (Å²) >= 11 is 0. The van der Waals surface area contributed by atoms with Crippen LogP contribution in [-0.4, -0.2) is 12.6 Å². The van der Waals surface area contributed by atoms with E-state index in [0.29, 0.717) is 17.1 Å². The number of allylic oxidation sites excluding steroid dienone is 1. The van der Waals surface area contributed by atoms with Gasteiger partial charge in [-0.1, -0.05) is 44.2 Å². The first-order valence-electron chi connectivity index (χ1n) is 8.08. The normalized spacial score (nSPS) is 9.73. The van der Waals surface area contributed by atoms with Gasteiger partial charge in [0.1, 0.15) is 29.2 Å². The molecular weight excluding hydrogens is 328 g/mol. The van der Waals surface area contributed by atoms with Crippen LogP contribution in [0.2, 0.25) is 0 Å². The number of hydrogen-bond donors (Lipinski definition) is 0. The zero-order valence-electron chi connectivity index (χ0n) is 14.6. The van der Waals surface area contributed by atoms with Crippen molar-refractivity contribution in [2.24, 2.45) is 0 Å². The summed E-state index contributed by atoms with van der Waals surface area (Å²) in [6.07, 6.45) is 1.46. The Labute approximate surface area is 152 Å². The van der Waals surface area contributed by atoms with Crippen LogP contribution in [0.1, 0.15) is 30.9 Å². The number of hydrogen-bond acceptors (Lipinski definition) is 5. The lowest BCUT2D eigenvalue weighted by molar-refractivity contribution is -0.136. The summed E-state index contributed by atoms with van der Waals surface area (Å²) in [7, 11) is 0. The first kappa shape index (κ1) is 18.8. The first-order chi connectivity index (χ1) is 12.5. The average Bonchev–Trinajstić information content (AvgIpc) is 2.66. The van der Waals surface area contributed by atoms with Gasteiger partial charge >= 0.3 is 5.97 Å². The Morgan fingerprint density at radius 2 is 1.73 bits per heavy atom. The summed E-state index contributed by atoms with van der Waals surface area (Å²) in [5.74, 6) is 0.806. The highest BCUT2D eigenvalue weighted by Gasteiger charge is 2.10. The molecule has 0 bridgehead atoms. The molecule has 2 rings (SSSR count). The Bertz CT molecular complexity index is 869. The van der Waals surface area contributed by atoms with Crippen LogP contribution < -0.4 is 9.47 Å². The molecule has 0 fully saturated rings. The van der Waals surface area contributed by atoms with Gasteiger partial charge in [-0.25, -0.2) is 4.79 Å². The number of nitrogens with zero attached hydrogens (tertiary/aromatic N) is 2. The van der Waals surface area contributed by atoms with Crippen LogP contribution in [0.15, 0.2) is 54.1 Å². The van der Waals surface area contributed by atoms with Gasteiger partial charge in [0.2, 0.25) is 0 Å². The zero-order chi connectivity index (χ0) is 18.9. The van der Waals surface area contributed by atoms with Crippen molar-refractivity contribution in [3.8, 4) is 23.6 Å². The Kier molecular flexibility index (Phi) is 6.53. The molecule has 0 heterocycles. The number of nitriles is 2. The van der Waals surface area contributed by atoms with Crippen LogP contribution in [0.3, 0.4) is 0 Å². The molecule has 2 aromatic carbocycles. The molecule has 130 valence electrons. The third-order valence-corrected chi connectivity index (χ3v) is 3.55. The van der Waals surface area contributed by atoms with Crippen LogP contribution in [-0.2, 0) is 4.79 Å². The van der Waals surface area contributed by atoms with Crippen LogP contribution in [0.25, 0.3) is 6.08 Å². The highest BCUT2D eigenvalue weighted by atomic mass is 16.6. The van der Waals surface area contributed by atoms with Gasteiger partial charge in [-0.15, -0.1) is 0 Å². The van der Waals surface area contributed by atoms with Crippen LogP contribution in [0.4, 0.5) is 0 Å². The molecule has 0 spiro atoms. The van der Waals surface area contributed by atoms with Gasteiger partial charge in [-0.3, -0.25) is 0 Å². The molecular formula is C21H18N2O3. The number of benzene rings is 2. The minimum absolute atomic E-state index is 0.00645. The lowest BCUT2D eigenvalue weighted by Gasteiger charge is -2.13. The number of carbonyl (C=O) groups excluding carboxylic acids is 1. The Hall–Kier alpha value is -3.57. The molecule has 0 N–H and O–H groups in total. The van der Waals surface area contributed by atoms with Crippen molar-refractivity contribution in [3.63, 3.8) is 0 Å². The highest BCUT2D eigenvalue weighted by molar-refractivity contribution is 5.74. The maximum Gasteiger partial charge on any atom is 0.349 e. The SMILES string of the molecule is CC(C)c1ccccc1OCC(=O)Oc1ccc(C=C(C#N)C#N)cc1. The van der Waals surface area contributed by atoms with E-state index >= 15 is 0 Å². The zero-order valence-corrected chi connectivity index (χ0v) is 14.6. The van der Waals surface area contributed by atoms with Gasteiger partial charge in [0, 0.05) is 0 Å². The molecule has 2 aromatic rings.